The number of phosphoric ester groups is 1. The standard InChI is InChI=1S/C62H107O11P/c1-4-7-10-13-16-19-22-25-27-28-29-30-32-35-38-41-44-47-50-53-62(66)73-59(55-69-60(64)51-48-45-42-39-36-34-31-26-23-20-17-14-11-8-5-2)57-71-74(67,68)70-56-58(54-63)72-61(65)52-49-46-43-40-37-33-24-21-18-15-12-9-6-3/h8-9,11-12,17-18,20-21,26,31,33,37,43,46,58-59,63H,4-7,10,13-16,19,22-25,27-30,32,34-36,38-42,44-45,47-57H2,1-3H3,(H,67,68)/b11-8-,12-9-,20-17-,21-18-,31-26-,37-33-,46-43-. The van der Waals surface area contributed by atoms with Gasteiger partial charge < -0.3 is 24.2 Å². The van der Waals surface area contributed by atoms with Gasteiger partial charge in [0, 0.05) is 19.3 Å². The van der Waals surface area contributed by atoms with Gasteiger partial charge in [0.15, 0.2) is 6.10 Å². The number of allylic oxidation sites excluding steroid dienone is 14. The van der Waals surface area contributed by atoms with Crippen molar-refractivity contribution in [3.8, 4) is 0 Å². The fraction of sp³-hybridized carbons (Fsp3) is 0.726. The molecule has 11 nitrogen and oxygen atoms in total. The summed E-state index contributed by atoms with van der Waals surface area (Å²) in [5, 5.41) is 9.79. The van der Waals surface area contributed by atoms with Crippen LogP contribution in [0, 0.1) is 0 Å². The summed E-state index contributed by atoms with van der Waals surface area (Å²) in [4.78, 5) is 48.5. The zero-order valence-electron chi connectivity index (χ0n) is 47.0. The maximum absolute atomic E-state index is 12.9. The molecule has 0 aromatic carbocycles. The van der Waals surface area contributed by atoms with Gasteiger partial charge in [-0.05, 0) is 77.0 Å². The molecule has 0 aliphatic heterocycles. The van der Waals surface area contributed by atoms with Crippen molar-refractivity contribution >= 4 is 25.7 Å². The summed E-state index contributed by atoms with van der Waals surface area (Å²) in [6.07, 6.45) is 64.2. The first kappa shape index (κ1) is 70.7. The van der Waals surface area contributed by atoms with E-state index in [9.17, 15) is 28.9 Å². The Bertz CT molecular complexity index is 1560. The van der Waals surface area contributed by atoms with Crippen molar-refractivity contribution in [2.75, 3.05) is 26.4 Å². The van der Waals surface area contributed by atoms with Crippen molar-refractivity contribution < 1.29 is 52.2 Å². The van der Waals surface area contributed by atoms with Crippen molar-refractivity contribution in [3.05, 3.63) is 85.1 Å². The zero-order valence-corrected chi connectivity index (χ0v) is 47.9. The van der Waals surface area contributed by atoms with E-state index in [0.717, 1.165) is 96.3 Å². The molecule has 12 heteroatoms. The van der Waals surface area contributed by atoms with E-state index < -0.39 is 57.8 Å². The summed E-state index contributed by atoms with van der Waals surface area (Å²) in [6, 6.07) is 0. The molecule has 0 aliphatic rings. The molecular formula is C62H107O11P. The lowest BCUT2D eigenvalue weighted by Gasteiger charge is -2.21. The summed E-state index contributed by atoms with van der Waals surface area (Å²) in [5.41, 5.74) is 0. The van der Waals surface area contributed by atoms with Crippen LogP contribution in [0.2, 0.25) is 0 Å². The van der Waals surface area contributed by atoms with Crippen molar-refractivity contribution in [3.63, 3.8) is 0 Å². The van der Waals surface area contributed by atoms with Gasteiger partial charge in [-0.3, -0.25) is 23.4 Å². The van der Waals surface area contributed by atoms with Gasteiger partial charge in [-0.15, -0.1) is 0 Å². The summed E-state index contributed by atoms with van der Waals surface area (Å²) in [7, 11) is -4.77. The van der Waals surface area contributed by atoms with Crippen LogP contribution < -0.4 is 0 Å². The number of carbonyl (C=O) groups is 3. The topological polar surface area (TPSA) is 155 Å². The molecule has 2 N–H and O–H groups in total. The van der Waals surface area contributed by atoms with Crippen molar-refractivity contribution in [1.29, 1.82) is 0 Å². The molecule has 0 heterocycles. The van der Waals surface area contributed by atoms with E-state index in [2.05, 4.69) is 93.7 Å². The van der Waals surface area contributed by atoms with E-state index in [0.29, 0.717) is 19.3 Å². The minimum absolute atomic E-state index is 0.0531. The molecule has 0 rings (SSSR count). The summed E-state index contributed by atoms with van der Waals surface area (Å²) >= 11 is 0. The minimum atomic E-state index is -4.77. The van der Waals surface area contributed by atoms with Crippen LogP contribution in [0.1, 0.15) is 252 Å². The number of hydrogen-bond donors (Lipinski definition) is 2. The Morgan fingerprint density at radius 3 is 1.16 bits per heavy atom. The van der Waals surface area contributed by atoms with Crippen LogP contribution in [0.4, 0.5) is 0 Å². The second-order valence-corrected chi connectivity index (χ2v) is 20.9. The van der Waals surface area contributed by atoms with Crippen molar-refractivity contribution in [2.45, 2.75) is 264 Å². The van der Waals surface area contributed by atoms with Crippen molar-refractivity contribution in [1.82, 2.24) is 0 Å². The molecule has 74 heavy (non-hydrogen) atoms. The van der Waals surface area contributed by atoms with Gasteiger partial charge in [-0.1, -0.05) is 241 Å². The number of unbranched alkanes of at least 4 members (excludes halogenated alkanes) is 23. The Labute approximate surface area is 451 Å². The second-order valence-electron chi connectivity index (χ2n) is 19.4. The third-order valence-electron chi connectivity index (χ3n) is 12.3. The van der Waals surface area contributed by atoms with Gasteiger partial charge in [0.05, 0.1) is 19.8 Å². The SMILES string of the molecule is CC/C=C\C/C=C\C/C=C\C/C=C\CCC(=O)OC(CO)COP(=O)(O)OCC(COC(=O)CCCCCCC/C=C\C/C=C\C/C=C\CC)OC(=O)CCCCCCCCCCCCCCCCCCCCC. The van der Waals surface area contributed by atoms with Gasteiger partial charge in [0.1, 0.15) is 12.7 Å². The van der Waals surface area contributed by atoms with Crippen LogP contribution in [-0.4, -0.2) is 66.5 Å². The van der Waals surface area contributed by atoms with E-state index in [4.69, 9.17) is 23.3 Å². The minimum Gasteiger partial charge on any atom is -0.462 e. The third kappa shape index (κ3) is 53.5. The fourth-order valence-electron chi connectivity index (χ4n) is 7.91. The Hall–Kier alpha value is -3.34. The monoisotopic (exact) mass is 1060 g/mol. The average Bonchev–Trinajstić information content (AvgIpc) is 3.39. The van der Waals surface area contributed by atoms with Gasteiger partial charge in [0.25, 0.3) is 0 Å². The molecule has 0 aliphatic carbocycles. The van der Waals surface area contributed by atoms with E-state index in [-0.39, 0.29) is 25.9 Å². The maximum atomic E-state index is 12.9. The van der Waals surface area contributed by atoms with Crippen LogP contribution in [0.5, 0.6) is 0 Å². The number of rotatable bonds is 54. The Morgan fingerprint density at radius 2 is 0.730 bits per heavy atom. The highest BCUT2D eigenvalue weighted by Gasteiger charge is 2.28. The first-order valence-corrected chi connectivity index (χ1v) is 31.0. The molecule has 0 spiro atoms. The van der Waals surface area contributed by atoms with E-state index in [1.807, 2.05) is 12.2 Å². The number of hydrogen-bond acceptors (Lipinski definition) is 10. The molecule has 0 fully saturated rings. The van der Waals surface area contributed by atoms with Gasteiger partial charge in [0.2, 0.25) is 0 Å². The van der Waals surface area contributed by atoms with Crippen LogP contribution in [0.25, 0.3) is 0 Å². The largest absolute Gasteiger partial charge is 0.472 e. The van der Waals surface area contributed by atoms with Crippen LogP contribution in [0.3, 0.4) is 0 Å². The van der Waals surface area contributed by atoms with Gasteiger partial charge in [-0.25, -0.2) is 4.57 Å². The Balaban J connectivity index is 4.77. The predicted octanol–water partition coefficient (Wildman–Crippen LogP) is 17.5. The molecule has 0 amide bonds. The van der Waals surface area contributed by atoms with Crippen LogP contribution >= 0.6 is 7.82 Å². The molecule has 0 saturated heterocycles. The quantitative estimate of drug-likeness (QED) is 0.0197. The first-order valence-electron chi connectivity index (χ1n) is 29.5. The molecule has 0 saturated carbocycles. The highest BCUT2D eigenvalue weighted by molar-refractivity contribution is 7.47. The van der Waals surface area contributed by atoms with Crippen LogP contribution in [0.15, 0.2) is 85.1 Å². The first-order chi connectivity index (χ1) is 36.2. The lowest BCUT2D eigenvalue weighted by atomic mass is 10.0. The molecule has 0 radical (unpaired) electrons. The normalized spacial score (nSPS) is 14.0. The third-order valence-corrected chi connectivity index (χ3v) is 13.3. The van der Waals surface area contributed by atoms with E-state index in [1.165, 1.54) is 96.3 Å². The predicted molar refractivity (Wildman–Crippen MR) is 307 cm³/mol. The zero-order chi connectivity index (χ0) is 54.1. The number of aliphatic hydroxyl groups is 1. The summed E-state index contributed by atoms with van der Waals surface area (Å²) in [5.74, 6) is -1.57. The lowest BCUT2D eigenvalue weighted by Crippen LogP contribution is -2.30. The average molecular weight is 1060 g/mol. The molecule has 0 aromatic heterocycles. The lowest BCUT2D eigenvalue weighted by molar-refractivity contribution is -0.161. The molecule has 426 valence electrons. The fourth-order valence-corrected chi connectivity index (χ4v) is 8.70. The number of ether oxygens (including phenoxy) is 3. The van der Waals surface area contributed by atoms with Crippen LogP contribution in [-0.2, 0) is 42.2 Å². The van der Waals surface area contributed by atoms with E-state index >= 15 is 0 Å². The number of aliphatic hydroxyl groups excluding tert-OH is 1. The smallest absolute Gasteiger partial charge is 0.462 e. The van der Waals surface area contributed by atoms with Gasteiger partial charge in [-0.2, -0.15) is 0 Å². The Kier molecular flexibility index (Phi) is 53.4. The summed E-state index contributed by atoms with van der Waals surface area (Å²) < 4.78 is 39.4. The number of carbonyl (C=O) groups excluding carboxylic acids is 3. The van der Waals surface area contributed by atoms with E-state index in [1.54, 1.807) is 0 Å². The maximum Gasteiger partial charge on any atom is 0.472 e. The highest BCUT2D eigenvalue weighted by atomic mass is 31.2. The highest BCUT2D eigenvalue weighted by Crippen LogP contribution is 2.43. The number of esters is 3. The molecule has 3 unspecified atom stereocenters. The molecule has 3 atom stereocenters. The summed E-state index contributed by atoms with van der Waals surface area (Å²) in [6.45, 7) is 4.34. The number of phosphoric acid groups is 1. The molecular weight excluding hydrogens is 952 g/mol. The van der Waals surface area contributed by atoms with Gasteiger partial charge >= 0.3 is 25.7 Å². The van der Waals surface area contributed by atoms with Crippen molar-refractivity contribution in [2.24, 2.45) is 0 Å². The molecule has 0 bridgehead atoms. The Morgan fingerprint density at radius 1 is 0.392 bits per heavy atom. The second kappa shape index (κ2) is 55.9. The molecule has 0 aromatic rings.